The molecule has 5 heteroatoms. The van der Waals surface area contributed by atoms with E-state index in [1.807, 2.05) is 43.3 Å². The molecule has 140 valence electrons. The van der Waals surface area contributed by atoms with Crippen LogP contribution in [0.5, 0.6) is 0 Å². The molecule has 1 aliphatic rings. The Hall–Kier alpha value is -2.04. The smallest absolute Gasteiger partial charge is 0.266 e. The number of aliphatic imine (C=N–C) groups is 1. The Labute approximate surface area is 170 Å². The van der Waals surface area contributed by atoms with Crippen molar-refractivity contribution in [3.63, 3.8) is 0 Å². The highest BCUT2D eigenvalue weighted by Crippen LogP contribution is 2.34. The summed E-state index contributed by atoms with van der Waals surface area (Å²) < 4.78 is 0. The van der Waals surface area contributed by atoms with Crippen molar-refractivity contribution in [2.24, 2.45) is 4.99 Å². The molecule has 27 heavy (non-hydrogen) atoms. The number of hydrogen-bond donors (Lipinski definition) is 0. The monoisotopic (exact) mass is 398 g/mol. The minimum absolute atomic E-state index is 0.140. The predicted molar refractivity (Wildman–Crippen MR) is 118 cm³/mol. The Morgan fingerprint density at radius 2 is 1.89 bits per heavy atom. The highest BCUT2D eigenvalue weighted by molar-refractivity contribution is 8.14. The Morgan fingerprint density at radius 3 is 2.52 bits per heavy atom. The van der Waals surface area contributed by atoms with Gasteiger partial charge in [-0.25, -0.2) is 4.99 Å². The van der Waals surface area contributed by atoms with Crippen LogP contribution in [-0.4, -0.2) is 16.8 Å². The minimum atomic E-state index is -0.140. The third-order valence-electron chi connectivity index (χ3n) is 4.30. The summed E-state index contributed by atoms with van der Waals surface area (Å²) in [6.07, 6.45) is 3.84. The van der Waals surface area contributed by atoms with Crippen LogP contribution >= 0.6 is 23.4 Å². The third-order valence-corrected chi connectivity index (χ3v) is 5.75. The molecule has 1 amide bonds. The number of carbonyl (C=O) groups excluding carboxylic acids is 1. The molecule has 0 spiro atoms. The lowest BCUT2D eigenvalue weighted by Crippen LogP contribution is -2.30. The van der Waals surface area contributed by atoms with Gasteiger partial charge < -0.3 is 0 Å². The van der Waals surface area contributed by atoms with Crippen LogP contribution in [0, 0.1) is 6.92 Å². The van der Waals surface area contributed by atoms with E-state index in [0.717, 1.165) is 29.7 Å². The number of amides is 1. The lowest BCUT2D eigenvalue weighted by atomic mass is 10.1. The van der Waals surface area contributed by atoms with Crippen molar-refractivity contribution in [2.45, 2.75) is 33.6 Å². The van der Waals surface area contributed by atoms with E-state index in [-0.39, 0.29) is 5.91 Å². The van der Waals surface area contributed by atoms with E-state index in [0.29, 0.717) is 21.6 Å². The van der Waals surface area contributed by atoms with Gasteiger partial charge in [0.2, 0.25) is 0 Å². The number of benzene rings is 2. The average Bonchev–Trinajstić information content (AvgIpc) is 2.96. The average molecular weight is 399 g/mol. The molecule has 0 aliphatic carbocycles. The SMILES string of the molecule is CCCSC1=N/C(=C/c2ccc(CC)cc2)C(=O)N1c1ccc(C)cc1Cl. The first kappa shape index (κ1) is 19.7. The van der Waals surface area contributed by atoms with Crippen molar-refractivity contribution in [3.05, 3.63) is 69.9 Å². The highest BCUT2D eigenvalue weighted by atomic mass is 35.5. The summed E-state index contributed by atoms with van der Waals surface area (Å²) in [6, 6.07) is 13.9. The van der Waals surface area contributed by atoms with Gasteiger partial charge in [0, 0.05) is 5.75 Å². The van der Waals surface area contributed by atoms with Gasteiger partial charge >= 0.3 is 0 Å². The van der Waals surface area contributed by atoms with Gasteiger partial charge in [0.25, 0.3) is 5.91 Å². The van der Waals surface area contributed by atoms with E-state index in [9.17, 15) is 4.79 Å². The predicted octanol–water partition coefficient (Wildman–Crippen LogP) is 6.10. The molecule has 1 heterocycles. The zero-order chi connectivity index (χ0) is 19.4. The molecule has 0 bridgehead atoms. The van der Waals surface area contributed by atoms with Gasteiger partial charge in [-0.2, -0.15) is 0 Å². The molecule has 0 aromatic heterocycles. The van der Waals surface area contributed by atoms with Crippen molar-refractivity contribution < 1.29 is 4.79 Å². The van der Waals surface area contributed by atoms with Crippen LogP contribution in [0.4, 0.5) is 5.69 Å². The number of rotatable bonds is 5. The van der Waals surface area contributed by atoms with Crippen LogP contribution in [0.15, 0.2) is 53.2 Å². The molecule has 0 fully saturated rings. The molecular formula is C22H23ClN2OS. The van der Waals surface area contributed by atoms with Crippen LogP contribution in [0.2, 0.25) is 5.02 Å². The molecule has 3 rings (SSSR count). The van der Waals surface area contributed by atoms with E-state index in [1.165, 1.54) is 5.56 Å². The molecule has 0 N–H and O–H groups in total. The fraction of sp³-hybridized carbons (Fsp3) is 0.273. The maximum atomic E-state index is 13.1. The molecular weight excluding hydrogens is 376 g/mol. The van der Waals surface area contributed by atoms with E-state index in [2.05, 4.69) is 31.0 Å². The molecule has 0 unspecified atom stereocenters. The van der Waals surface area contributed by atoms with Gasteiger partial charge in [-0.15, -0.1) is 0 Å². The fourth-order valence-corrected chi connectivity index (χ4v) is 3.98. The molecule has 2 aromatic rings. The van der Waals surface area contributed by atoms with Crippen molar-refractivity contribution in [1.29, 1.82) is 0 Å². The first-order valence-electron chi connectivity index (χ1n) is 9.16. The van der Waals surface area contributed by atoms with E-state index >= 15 is 0 Å². The summed E-state index contributed by atoms with van der Waals surface area (Å²) in [4.78, 5) is 19.4. The minimum Gasteiger partial charge on any atom is -0.266 e. The Bertz CT molecular complexity index is 903. The Kier molecular flexibility index (Phi) is 6.40. The molecule has 1 aliphatic heterocycles. The second-order valence-electron chi connectivity index (χ2n) is 6.46. The highest BCUT2D eigenvalue weighted by Gasteiger charge is 2.33. The quantitative estimate of drug-likeness (QED) is 0.570. The van der Waals surface area contributed by atoms with Gasteiger partial charge in [0.15, 0.2) is 5.17 Å². The van der Waals surface area contributed by atoms with Crippen LogP contribution in [-0.2, 0) is 11.2 Å². The molecule has 0 radical (unpaired) electrons. The van der Waals surface area contributed by atoms with E-state index < -0.39 is 0 Å². The third kappa shape index (κ3) is 4.45. The molecule has 2 aromatic carbocycles. The van der Waals surface area contributed by atoms with Crippen LogP contribution in [0.1, 0.15) is 37.0 Å². The van der Waals surface area contributed by atoms with Gasteiger partial charge in [-0.3, -0.25) is 9.69 Å². The second kappa shape index (κ2) is 8.77. The number of carbonyl (C=O) groups is 1. The molecule has 0 saturated heterocycles. The summed E-state index contributed by atoms with van der Waals surface area (Å²) in [5, 5.41) is 1.24. The number of halogens is 1. The van der Waals surface area contributed by atoms with Crippen molar-refractivity contribution >= 4 is 46.2 Å². The number of anilines is 1. The topological polar surface area (TPSA) is 32.7 Å². The number of hydrogen-bond acceptors (Lipinski definition) is 3. The zero-order valence-corrected chi connectivity index (χ0v) is 17.4. The van der Waals surface area contributed by atoms with E-state index in [4.69, 9.17) is 11.6 Å². The lowest BCUT2D eigenvalue weighted by molar-refractivity contribution is -0.113. The van der Waals surface area contributed by atoms with Crippen molar-refractivity contribution in [2.75, 3.05) is 10.7 Å². The maximum Gasteiger partial charge on any atom is 0.283 e. The van der Waals surface area contributed by atoms with Crippen molar-refractivity contribution in [3.8, 4) is 0 Å². The number of aryl methyl sites for hydroxylation is 2. The molecule has 0 atom stereocenters. The Balaban J connectivity index is 1.97. The van der Waals surface area contributed by atoms with Crippen molar-refractivity contribution in [1.82, 2.24) is 0 Å². The first-order chi connectivity index (χ1) is 13.0. The number of nitrogens with zero attached hydrogens (tertiary/aromatic N) is 2. The number of thioether (sulfide) groups is 1. The van der Waals surface area contributed by atoms with Crippen LogP contribution in [0.25, 0.3) is 6.08 Å². The fourth-order valence-electron chi connectivity index (χ4n) is 2.80. The largest absolute Gasteiger partial charge is 0.283 e. The standard InChI is InChI=1S/C22H23ClN2OS/c1-4-12-27-22-24-19(14-17-9-7-16(5-2)8-10-17)21(26)25(22)20-11-6-15(3)13-18(20)23/h6-11,13-14H,4-5,12H2,1-3H3/b19-14+. The number of amidine groups is 1. The van der Waals surface area contributed by atoms with Gasteiger partial charge in [0.05, 0.1) is 10.7 Å². The summed E-state index contributed by atoms with van der Waals surface area (Å²) in [7, 11) is 0. The summed E-state index contributed by atoms with van der Waals surface area (Å²) in [5.74, 6) is 0.754. The first-order valence-corrected chi connectivity index (χ1v) is 10.5. The van der Waals surface area contributed by atoms with Crippen LogP contribution < -0.4 is 4.90 Å². The van der Waals surface area contributed by atoms with Gasteiger partial charge in [0.1, 0.15) is 5.70 Å². The second-order valence-corrected chi connectivity index (χ2v) is 7.93. The zero-order valence-electron chi connectivity index (χ0n) is 15.8. The lowest BCUT2D eigenvalue weighted by Gasteiger charge is -2.19. The summed E-state index contributed by atoms with van der Waals surface area (Å²) in [6.45, 7) is 6.21. The van der Waals surface area contributed by atoms with Gasteiger partial charge in [-0.05, 0) is 54.7 Å². The molecule has 3 nitrogen and oxygen atoms in total. The van der Waals surface area contributed by atoms with Crippen LogP contribution in [0.3, 0.4) is 0 Å². The Morgan fingerprint density at radius 1 is 1.15 bits per heavy atom. The van der Waals surface area contributed by atoms with E-state index in [1.54, 1.807) is 16.7 Å². The molecule has 0 saturated carbocycles. The van der Waals surface area contributed by atoms with Gasteiger partial charge in [-0.1, -0.05) is 67.5 Å². The normalized spacial score (nSPS) is 15.6. The summed E-state index contributed by atoms with van der Waals surface area (Å²) >= 11 is 8.02. The maximum absolute atomic E-state index is 13.1. The summed E-state index contributed by atoms with van der Waals surface area (Å²) in [5.41, 5.74) is 4.41.